The molecule has 0 aromatic heterocycles. The van der Waals surface area contributed by atoms with Crippen LogP contribution >= 0.6 is 0 Å². The largest absolute Gasteiger partial charge is 0.368 e. The zero-order valence-electron chi connectivity index (χ0n) is 14.0. The van der Waals surface area contributed by atoms with Crippen LogP contribution in [0.15, 0.2) is 53.5 Å². The zero-order valence-corrected chi connectivity index (χ0v) is 14.0. The Balaban J connectivity index is 2.57. The number of nitrogens with zero attached hydrogens (tertiary/aromatic N) is 4. The first-order valence-electron chi connectivity index (χ1n) is 7.50. The van der Waals surface area contributed by atoms with E-state index in [9.17, 15) is 10.5 Å². The topological polar surface area (TPSA) is 89.2 Å². The fourth-order valence-electron chi connectivity index (χ4n) is 2.33. The number of benzene rings is 2. The molecule has 0 fully saturated rings. The average molecular weight is 317 g/mol. The molecule has 0 aliphatic carbocycles. The molecule has 0 unspecified atom stereocenters. The van der Waals surface area contributed by atoms with E-state index in [1.165, 1.54) is 4.90 Å². The van der Waals surface area contributed by atoms with E-state index in [0.717, 1.165) is 5.56 Å². The third kappa shape index (κ3) is 3.71. The Labute approximate surface area is 142 Å². The van der Waals surface area contributed by atoms with Gasteiger partial charge in [0, 0.05) is 0 Å². The molecule has 24 heavy (non-hydrogen) atoms. The molecule has 0 bridgehead atoms. The van der Waals surface area contributed by atoms with E-state index in [1.807, 2.05) is 45.0 Å². The summed E-state index contributed by atoms with van der Waals surface area (Å²) in [4.78, 5) is 5.56. The van der Waals surface area contributed by atoms with Crippen LogP contribution in [0.1, 0.15) is 31.9 Å². The number of rotatable bonds is 2. The average Bonchev–Trinajstić information content (AvgIpc) is 2.55. The summed E-state index contributed by atoms with van der Waals surface area (Å²) in [6.45, 7) is 6.12. The maximum Gasteiger partial charge on any atom is 0.214 e. The zero-order chi connectivity index (χ0) is 17.7. The molecule has 2 aromatic rings. The minimum absolute atomic E-state index is 0.0595. The van der Waals surface area contributed by atoms with Gasteiger partial charge in [0.05, 0.1) is 23.0 Å². The summed E-state index contributed by atoms with van der Waals surface area (Å²) >= 11 is 0. The molecule has 0 saturated carbocycles. The van der Waals surface area contributed by atoms with Crippen LogP contribution in [0.2, 0.25) is 0 Å². The van der Waals surface area contributed by atoms with E-state index in [2.05, 4.69) is 17.3 Å². The first kappa shape index (κ1) is 17.1. The van der Waals surface area contributed by atoms with E-state index in [4.69, 9.17) is 5.73 Å². The van der Waals surface area contributed by atoms with Gasteiger partial charge < -0.3 is 5.73 Å². The summed E-state index contributed by atoms with van der Waals surface area (Å²) in [7, 11) is 0. The molecule has 0 aliphatic heterocycles. The molecule has 5 nitrogen and oxygen atoms in total. The van der Waals surface area contributed by atoms with Gasteiger partial charge in [-0.3, -0.25) is 0 Å². The highest BCUT2D eigenvalue weighted by Crippen LogP contribution is 2.33. The summed E-state index contributed by atoms with van der Waals surface area (Å²) in [6, 6.07) is 16.5. The molecule has 2 rings (SSSR count). The number of nitriles is 2. The lowest BCUT2D eigenvalue weighted by Gasteiger charge is -2.26. The second kappa shape index (κ2) is 6.85. The summed E-state index contributed by atoms with van der Waals surface area (Å²) in [5.74, 6) is 0.0595. The quantitative estimate of drug-likeness (QED) is 0.395. The van der Waals surface area contributed by atoms with Gasteiger partial charge in [0.25, 0.3) is 0 Å². The van der Waals surface area contributed by atoms with Gasteiger partial charge in [-0.15, -0.1) is 0 Å². The van der Waals surface area contributed by atoms with E-state index < -0.39 is 0 Å². The number of guanidine groups is 1. The van der Waals surface area contributed by atoms with E-state index in [0.29, 0.717) is 16.9 Å². The van der Waals surface area contributed by atoms with Crippen molar-refractivity contribution in [1.82, 2.24) is 0 Å². The predicted octanol–water partition coefficient (Wildman–Crippen LogP) is 3.79. The molecule has 5 heteroatoms. The van der Waals surface area contributed by atoms with Gasteiger partial charge in [-0.05, 0) is 35.2 Å². The summed E-state index contributed by atoms with van der Waals surface area (Å²) in [5.41, 5.74) is 8.45. The molecular weight excluding hydrogens is 298 g/mol. The number of aliphatic imine (C=N–C) groups is 1. The Morgan fingerprint density at radius 2 is 1.75 bits per heavy atom. The molecule has 0 saturated heterocycles. The molecular formula is C19H19N5. The highest BCUT2D eigenvalue weighted by Gasteiger charge is 2.23. The lowest BCUT2D eigenvalue weighted by molar-refractivity contribution is 0.591. The Morgan fingerprint density at radius 1 is 1.08 bits per heavy atom. The molecule has 0 spiro atoms. The van der Waals surface area contributed by atoms with E-state index >= 15 is 0 Å². The fraction of sp³-hybridized carbons (Fsp3) is 0.211. The van der Waals surface area contributed by atoms with Crippen LogP contribution in [-0.4, -0.2) is 5.96 Å². The van der Waals surface area contributed by atoms with Gasteiger partial charge in [-0.2, -0.15) is 10.5 Å². The maximum atomic E-state index is 9.61. The number of anilines is 1. The molecule has 0 aliphatic rings. The predicted molar refractivity (Wildman–Crippen MR) is 95.7 cm³/mol. The standard InChI is InChI=1S/C19H19N5/c1-19(2,3)16-10-9-14(12-20)11-17(16)24(13-21)18(22)23-15-7-5-4-6-8-15/h4-11H,1-3H3,(H2,22,23). The molecule has 2 N–H and O–H groups in total. The van der Waals surface area contributed by atoms with Crippen LogP contribution in [-0.2, 0) is 5.41 Å². The molecule has 0 heterocycles. The number of para-hydroxylation sites is 1. The fourth-order valence-corrected chi connectivity index (χ4v) is 2.33. The number of hydrogen-bond acceptors (Lipinski definition) is 3. The van der Waals surface area contributed by atoms with Gasteiger partial charge in [0.15, 0.2) is 6.19 Å². The van der Waals surface area contributed by atoms with Crippen molar-refractivity contribution in [1.29, 1.82) is 10.5 Å². The van der Waals surface area contributed by atoms with Crippen molar-refractivity contribution < 1.29 is 0 Å². The molecule has 2 aromatic carbocycles. The van der Waals surface area contributed by atoms with Gasteiger partial charge in [0.2, 0.25) is 5.96 Å². The first-order chi connectivity index (χ1) is 11.4. The number of nitrogens with two attached hydrogens (primary N) is 1. The SMILES string of the molecule is CC(C)(C)c1ccc(C#N)cc1N(C#N)C(N)=Nc1ccccc1. The lowest BCUT2D eigenvalue weighted by Crippen LogP contribution is -2.35. The first-order valence-corrected chi connectivity index (χ1v) is 7.50. The van der Waals surface area contributed by atoms with Gasteiger partial charge in [-0.1, -0.05) is 45.0 Å². The Hall–Kier alpha value is -3.31. The van der Waals surface area contributed by atoms with Gasteiger partial charge >= 0.3 is 0 Å². The highest BCUT2D eigenvalue weighted by molar-refractivity contribution is 5.99. The van der Waals surface area contributed by atoms with Crippen molar-refractivity contribution in [3.8, 4) is 12.3 Å². The Kier molecular flexibility index (Phi) is 4.87. The Bertz CT molecular complexity index is 833. The monoisotopic (exact) mass is 317 g/mol. The lowest BCUT2D eigenvalue weighted by atomic mass is 9.85. The third-order valence-corrected chi connectivity index (χ3v) is 3.50. The minimum atomic E-state index is -0.217. The molecule has 0 amide bonds. The van der Waals surface area contributed by atoms with Crippen LogP contribution in [0.5, 0.6) is 0 Å². The van der Waals surface area contributed by atoms with Crippen LogP contribution in [0.25, 0.3) is 0 Å². The molecule has 0 radical (unpaired) electrons. The summed E-state index contributed by atoms with van der Waals surface area (Å²) in [5, 5.41) is 18.8. The number of hydrogen-bond donors (Lipinski definition) is 1. The van der Waals surface area contributed by atoms with E-state index in [1.54, 1.807) is 24.3 Å². The maximum absolute atomic E-state index is 9.61. The smallest absolute Gasteiger partial charge is 0.214 e. The van der Waals surface area contributed by atoms with Crippen molar-refractivity contribution in [2.75, 3.05) is 4.90 Å². The van der Waals surface area contributed by atoms with E-state index in [-0.39, 0.29) is 11.4 Å². The normalized spacial score (nSPS) is 11.5. The highest BCUT2D eigenvalue weighted by atomic mass is 15.3. The van der Waals surface area contributed by atoms with Crippen LogP contribution in [0, 0.1) is 22.8 Å². The van der Waals surface area contributed by atoms with Gasteiger partial charge in [-0.25, -0.2) is 9.89 Å². The summed E-state index contributed by atoms with van der Waals surface area (Å²) in [6.07, 6.45) is 2.07. The van der Waals surface area contributed by atoms with Crippen molar-refractivity contribution in [3.63, 3.8) is 0 Å². The van der Waals surface area contributed by atoms with Crippen molar-refractivity contribution in [2.45, 2.75) is 26.2 Å². The van der Waals surface area contributed by atoms with Crippen molar-refractivity contribution >= 4 is 17.3 Å². The third-order valence-electron chi connectivity index (χ3n) is 3.50. The van der Waals surface area contributed by atoms with Crippen LogP contribution < -0.4 is 10.6 Å². The second-order valence-corrected chi connectivity index (χ2v) is 6.33. The molecule has 0 atom stereocenters. The van der Waals surface area contributed by atoms with Crippen LogP contribution in [0.4, 0.5) is 11.4 Å². The molecule has 120 valence electrons. The van der Waals surface area contributed by atoms with Crippen molar-refractivity contribution in [2.24, 2.45) is 10.7 Å². The van der Waals surface area contributed by atoms with Crippen LogP contribution in [0.3, 0.4) is 0 Å². The summed E-state index contributed by atoms with van der Waals surface area (Å²) < 4.78 is 0. The minimum Gasteiger partial charge on any atom is -0.368 e. The second-order valence-electron chi connectivity index (χ2n) is 6.33. The van der Waals surface area contributed by atoms with Gasteiger partial charge in [0.1, 0.15) is 0 Å². The van der Waals surface area contributed by atoms with Crippen molar-refractivity contribution in [3.05, 3.63) is 59.7 Å². The Morgan fingerprint density at radius 3 is 2.29 bits per heavy atom.